The Kier molecular flexibility index (Phi) is 2.98. The summed E-state index contributed by atoms with van der Waals surface area (Å²) in [4.78, 5) is 0. The molecule has 1 fully saturated rings. The maximum Gasteiger partial charge on any atom is 0.248 e. The Labute approximate surface area is 105 Å². The molecule has 98 valence electrons. The van der Waals surface area contributed by atoms with Crippen molar-refractivity contribution in [2.75, 3.05) is 13.2 Å². The van der Waals surface area contributed by atoms with E-state index >= 15 is 0 Å². The summed E-state index contributed by atoms with van der Waals surface area (Å²) in [5.74, 6) is -1.63. The second kappa shape index (κ2) is 4.50. The molecule has 18 heavy (non-hydrogen) atoms. The first kappa shape index (κ1) is 11.9. The molecular weight excluding hydrogens is 236 g/mol. The third-order valence-corrected chi connectivity index (χ3v) is 3.72. The lowest BCUT2D eigenvalue weighted by atomic mass is 9.82. The van der Waals surface area contributed by atoms with Crippen LogP contribution in [0.2, 0.25) is 0 Å². The molecule has 0 spiro atoms. The van der Waals surface area contributed by atoms with Crippen molar-refractivity contribution in [2.45, 2.75) is 31.7 Å². The summed E-state index contributed by atoms with van der Waals surface area (Å²) in [7, 11) is 0. The van der Waals surface area contributed by atoms with Crippen molar-refractivity contribution in [3.8, 4) is 5.75 Å². The van der Waals surface area contributed by atoms with Crippen molar-refractivity contribution >= 4 is 0 Å². The fraction of sp³-hybridized carbons (Fsp3) is 0.571. The molecule has 0 radical (unpaired) electrons. The number of benzene rings is 1. The molecule has 0 unspecified atom stereocenters. The summed E-state index contributed by atoms with van der Waals surface area (Å²) in [6.45, 7) is 2.31. The fourth-order valence-electron chi connectivity index (χ4n) is 2.66. The Morgan fingerprint density at radius 2 is 2.11 bits per heavy atom. The van der Waals surface area contributed by atoms with Crippen molar-refractivity contribution < 1.29 is 13.5 Å². The SMILES string of the molecule is FC1(F)CC(COc2ccc3c(c2)CCNC3)C1. The molecule has 0 atom stereocenters. The smallest absolute Gasteiger partial charge is 0.248 e. The van der Waals surface area contributed by atoms with Crippen molar-refractivity contribution in [3.63, 3.8) is 0 Å². The number of fused-ring (bicyclic) bond motifs is 1. The monoisotopic (exact) mass is 253 g/mol. The number of nitrogens with one attached hydrogen (secondary N) is 1. The van der Waals surface area contributed by atoms with E-state index < -0.39 is 5.92 Å². The largest absolute Gasteiger partial charge is 0.493 e. The zero-order chi connectivity index (χ0) is 12.6. The molecule has 0 aromatic heterocycles. The van der Waals surface area contributed by atoms with Crippen LogP contribution in [-0.2, 0) is 13.0 Å². The van der Waals surface area contributed by atoms with Crippen LogP contribution in [0.25, 0.3) is 0 Å². The highest BCUT2D eigenvalue weighted by Gasteiger charge is 2.45. The van der Waals surface area contributed by atoms with Gasteiger partial charge in [0.25, 0.3) is 0 Å². The minimum atomic E-state index is -2.45. The van der Waals surface area contributed by atoms with E-state index in [9.17, 15) is 8.78 Å². The molecule has 2 nitrogen and oxygen atoms in total. The fourth-order valence-corrected chi connectivity index (χ4v) is 2.66. The van der Waals surface area contributed by atoms with Crippen LogP contribution in [0, 0.1) is 5.92 Å². The Hall–Kier alpha value is -1.16. The summed E-state index contributed by atoms with van der Waals surface area (Å²) in [5.41, 5.74) is 2.62. The van der Waals surface area contributed by atoms with Crippen LogP contribution in [0.5, 0.6) is 5.75 Å². The van der Waals surface area contributed by atoms with Gasteiger partial charge in [0.1, 0.15) is 5.75 Å². The predicted octanol–water partition coefficient (Wildman–Crippen LogP) is 2.76. The molecule has 0 bridgehead atoms. The molecule has 1 aliphatic heterocycles. The van der Waals surface area contributed by atoms with Gasteiger partial charge in [0.05, 0.1) is 6.61 Å². The van der Waals surface area contributed by atoms with Crippen LogP contribution in [0.4, 0.5) is 8.78 Å². The Morgan fingerprint density at radius 1 is 1.28 bits per heavy atom. The van der Waals surface area contributed by atoms with Crippen molar-refractivity contribution in [2.24, 2.45) is 5.92 Å². The molecular formula is C14H17F2NO. The summed E-state index contributed by atoms with van der Waals surface area (Å²) in [6, 6.07) is 6.04. The van der Waals surface area contributed by atoms with Gasteiger partial charge in [-0.25, -0.2) is 8.78 Å². The van der Waals surface area contributed by atoms with E-state index in [1.165, 1.54) is 11.1 Å². The Bertz CT molecular complexity index is 439. The Morgan fingerprint density at radius 3 is 2.89 bits per heavy atom. The van der Waals surface area contributed by atoms with Crippen molar-refractivity contribution in [1.82, 2.24) is 5.32 Å². The molecule has 1 N–H and O–H groups in total. The van der Waals surface area contributed by atoms with Crippen LogP contribution in [0.15, 0.2) is 18.2 Å². The third kappa shape index (κ3) is 2.48. The maximum atomic E-state index is 12.7. The van der Waals surface area contributed by atoms with Crippen LogP contribution < -0.4 is 10.1 Å². The second-order valence-corrected chi connectivity index (χ2v) is 5.30. The average molecular weight is 253 g/mol. The summed E-state index contributed by atoms with van der Waals surface area (Å²) < 4.78 is 31.0. The number of hydrogen-bond donors (Lipinski definition) is 1. The molecule has 1 heterocycles. The molecule has 2 aliphatic rings. The highest BCUT2D eigenvalue weighted by molar-refractivity contribution is 5.37. The van der Waals surface area contributed by atoms with Gasteiger partial charge in [0.2, 0.25) is 5.92 Å². The molecule has 1 saturated carbocycles. The van der Waals surface area contributed by atoms with Crippen molar-refractivity contribution in [1.29, 1.82) is 0 Å². The van der Waals surface area contributed by atoms with Gasteiger partial charge in [-0.05, 0) is 36.2 Å². The lowest BCUT2D eigenvalue weighted by molar-refractivity contribution is -0.119. The van der Waals surface area contributed by atoms with E-state index in [0.29, 0.717) is 6.61 Å². The van der Waals surface area contributed by atoms with E-state index in [2.05, 4.69) is 11.4 Å². The summed E-state index contributed by atoms with van der Waals surface area (Å²) >= 11 is 0. The van der Waals surface area contributed by atoms with Crippen LogP contribution in [-0.4, -0.2) is 19.1 Å². The minimum Gasteiger partial charge on any atom is -0.493 e. The zero-order valence-corrected chi connectivity index (χ0v) is 10.2. The van der Waals surface area contributed by atoms with Gasteiger partial charge in [-0.3, -0.25) is 0 Å². The highest BCUT2D eigenvalue weighted by atomic mass is 19.3. The number of rotatable bonds is 3. The first-order valence-corrected chi connectivity index (χ1v) is 6.45. The average Bonchev–Trinajstić information content (AvgIpc) is 2.33. The first-order valence-electron chi connectivity index (χ1n) is 6.45. The molecule has 0 amide bonds. The maximum absolute atomic E-state index is 12.7. The van der Waals surface area contributed by atoms with Crippen LogP contribution in [0.3, 0.4) is 0 Å². The van der Waals surface area contributed by atoms with Gasteiger partial charge in [0, 0.05) is 25.3 Å². The number of halogens is 2. The minimum absolute atomic E-state index is 0.0118. The second-order valence-electron chi connectivity index (χ2n) is 5.30. The standard InChI is InChI=1S/C14H17F2NO/c15-14(16)6-10(7-14)9-18-13-2-1-12-8-17-4-3-11(12)5-13/h1-2,5,10,17H,3-4,6-9H2. The van der Waals surface area contributed by atoms with Crippen LogP contribution in [0.1, 0.15) is 24.0 Å². The van der Waals surface area contributed by atoms with E-state index in [1.54, 1.807) is 0 Å². The van der Waals surface area contributed by atoms with Gasteiger partial charge in [-0.2, -0.15) is 0 Å². The molecule has 4 heteroatoms. The lowest BCUT2D eigenvalue weighted by Gasteiger charge is -2.34. The molecule has 1 aromatic carbocycles. The lowest BCUT2D eigenvalue weighted by Crippen LogP contribution is -2.38. The topological polar surface area (TPSA) is 21.3 Å². The van der Waals surface area contributed by atoms with Crippen molar-refractivity contribution in [3.05, 3.63) is 29.3 Å². The number of alkyl halides is 2. The van der Waals surface area contributed by atoms with Gasteiger partial charge in [-0.1, -0.05) is 6.07 Å². The van der Waals surface area contributed by atoms with Gasteiger partial charge < -0.3 is 10.1 Å². The van der Waals surface area contributed by atoms with Gasteiger partial charge in [0.15, 0.2) is 0 Å². The molecule has 0 saturated heterocycles. The quantitative estimate of drug-likeness (QED) is 0.894. The third-order valence-electron chi connectivity index (χ3n) is 3.72. The zero-order valence-electron chi connectivity index (χ0n) is 10.2. The van der Waals surface area contributed by atoms with E-state index in [-0.39, 0.29) is 18.8 Å². The summed E-state index contributed by atoms with van der Waals surface area (Å²) in [6.07, 6.45) is 0.956. The van der Waals surface area contributed by atoms with E-state index in [1.807, 2.05) is 12.1 Å². The van der Waals surface area contributed by atoms with E-state index in [0.717, 1.165) is 25.3 Å². The number of ether oxygens (including phenoxy) is 1. The Balaban J connectivity index is 1.57. The molecule has 1 aliphatic carbocycles. The van der Waals surface area contributed by atoms with Gasteiger partial charge >= 0.3 is 0 Å². The summed E-state index contributed by atoms with van der Waals surface area (Å²) in [5, 5.41) is 3.31. The first-order chi connectivity index (χ1) is 8.62. The predicted molar refractivity (Wildman–Crippen MR) is 65.0 cm³/mol. The highest BCUT2D eigenvalue weighted by Crippen LogP contribution is 2.42. The molecule has 3 rings (SSSR count). The van der Waals surface area contributed by atoms with Gasteiger partial charge in [-0.15, -0.1) is 0 Å². The number of hydrogen-bond acceptors (Lipinski definition) is 2. The van der Waals surface area contributed by atoms with E-state index in [4.69, 9.17) is 4.74 Å². The normalized spacial score (nSPS) is 22.1. The molecule has 1 aromatic rings. The van der Waals surface area contributed by atoms with Crippen LogP contribution >= 0.6 is 0 Å².